The summed E-state index contributed by atoms with van der Waals surface area (Å²) < 4.78 is 5.14. The summed E-state index contributed by atoms with van der Waals surface area (Å²) in [7, 11) is 0. The zero-order valence-corrected chi connectivity index (χ0v) is 10.1. The molecule has 0 aromatic rings. The van der Waals surface area contributed by atoms with E-state index in [1.165, 1.54) is 0 Å². The molecule has 0 radical (unpaired) electrons. The van der Waals surface area contributed by atoms with Gasteiger partial charge >= 0.3 is 5.97 Å². The summed E-state index contributed by atoms with van der Waals surface area (Å²) >= 11 is 0. The summed E-state index contributed by atoms with van der Waals surface area (Å²) in [4.78, 5) is 34.1. The molecule has 0 aromatic heterocycles. The maximum Gasteiger partial charge on any atom is 0.313 e. The number of rotatable bonds is 3. The van der Waals surface area contributed by atoms with E-state index in [0.29, 0.717) is 6.54 Å². The van der Waals surface area contributed by atoms with Crippen LogP contribution >= 0.6 is 0 Å². The van der Waals surface area contributed by atoms with Gasteiger partial charge in [-0.3, -0.25) is 14.4 Å². The van der Waals surface area contributed by atoms with E-state index in [9.17, 15) is 14.4 Å². The van der Waals surface area contributed by atoms with Crippen LogP contribution in [0.5, 0.6) is 0 Å². The fraction of sp³-hybridized carbons (Fsp3) is 0.727. The minimum absolute atomic E-state index is 0.0785. The Hall–Kier alpha value is -1.63. The number of carboxylic acid groups (broad SMARTS) is 1. The minimum atomic E-state index is -1.11. The number of carbonyl (C=O) groups is 3. The highest BCUT2D eigenvalue weighted by Gasteiger charge is 2.48. The number of carbonyl (C=O) groups excluding carboxylic acids is 2. The van der Waals surface area contributed by atoms with Crippen molar-refractivity contribution in [1.29, 1.82) is 0 Å². The van der Waals surface area contributed by atoms with Crippen molar-refractivity contribution < 1.29 is 24.2 Å². The summed E-state index contributed by atoms with van der Waals surface area (Å²) in [6.45, 7) is 2.12. The van der Waals surface area contributed by atoms with Crippen molar-refractivity contribution >= 4 is 17.8 Å². The van der Waals surface area contributed by atoms with Crippen LogP contribution in [-0.2, 0) is 19.1 Å². The molecule has 2 rings (SSSR count). The van der Waals surface area contributed by atoms with Gasteiger partial charge in [0, 0.05) is 13.0 Å². The van der Waals surface area contributed by atoms with E-state index in [1.54, 1.807) is 6.92 Å². The van der Waals surface area contributed by atoms with Crippen LogP contribution in [0.25, 0.3) is 0 Å². The lowest BCUT2D eigenvalue weighted by molar-refractivity contribution is -0.149. The first kappa shape index (κ1) is 12.8. The molecule has 18 heavy (non-hydrogen) atoms. The molecule has 3 N–H and O–H groups in total. The monoisotopic (exact) mass is 256 g/mol. The molecule has 2 amide bonds. The van der Waals surface area contributed by atoms with Gasteiger partial charge in [-0.1, -0.05) is 0 Å². The van der Waals surface area contributed by atoms with Crippen molar-refractivity contribution in [2.75, 3.05) is 19.8 Å². The van der Waals surface area contributed by atoms with E-state index in [4.69, 9.17) is 9.84 Å². The van der Waals surface area contributed by atoms with Gasteiger partial charge in [-0.15, -0.1) is 0 Å². The first-order chi connectivity index (χ1) is 8.43. The zero-order valence-electron chi connectivity index (χ0n) is 10.1. The highest BCUT2D eigenvalue weighted by Crippen LogP contribution is 2.29. The van der Waals surface area contributed by atoms with Crippen LogP contribution in [0.1, 0.15) is 13.3 Å². The molecule has 2 aliphatic heterocycles. The number of hydrogen-bond donors (Lipinski definition) is 3. The Morgan fingerprint density at radius 2 is 2.28 bits per heavy atom. The van der Waals surface area contributed by atoms with Crippen LogP contribution in [0, 0.1) is 11.3 Å². The topological polar surface area (TPSA) is 105 Å². The second kappa shape index (κ2) is 4.56. The molecule has 0 aliphatic carbocycles. The van der Waals surface area contributed by atoms with Crippen molar-refractivity contribution in [3.8, 4) is 0 Å². The number of carboxylic acids is 1. The minimum Gasteiger partial charge on any atom is -0.481 e. The number of nitrogens with one attached hydrogen (secondary N) is 2. The van der Waals surface area contributed by atoms with Crippen molar-refractivity contribution in [1.82, 2.24) is 10.6 Å². The van der Waals surface area contributed by atoms with E-state index in [0.717, 1.165) is 0 Å². The van der Waals surface area contributed by atoms with Crippen molar-refractivity contribution in [3.63, 3.8) is 0 Å². The maximum absolute atomic E-state index is 11.9. The van der Waals surface area contributed by atoms with Crippen LogP contribution in [-0.4, -0.2) is 48.7 Å². The molecule has 3 unspecified atom stereocenters. The first-order valence-electron chi connectivity index (χ1n) is 5.81. The van der Waals surface area contributed by atoms with Gasteiger partial charge < -0.3 is 20.5 Å². The third-order valence-corrected chi connectivity index (χ3v) is 3.61. The van der Waals surface area contributed by atoms with Crippen LogP contribution in [0.3, 0.4) is 0 Å². The van der Waals surface area contributed by atoms with Gasteiger partial charge in [0.2, 0.25) is 11.8 Å². The van der Waals surface area contributed by atoms with Gasteiger partial charge in [-0.2, -0.15) is 0 Å². The Morgan fingerprint density at radius 3 is 2.83 bits per heavy atom. The molecule has 0 spiro atoms. The Bertz CT molecular complexity index is 397. The average Bonchev–Trinajstić information content (AvgIpc) is 2.87. The molecular weight excluding hydrogens is 240 g/mol. The van der Waals surface area contributed by atoms with Crippen LogP contribution in [0.4, 0.5) is 0 Å². The lowest BCUT2D eigenvalue weighted by Gasteiger charge is -2.26. The van der Waals surface area contributed by atoms with Crippen LogP contribution in [0.2, 0.25) is 0 Å². The quantitative estimate of drug-likeness (QED) is 0.584. The van der Waals surface area contributed by atoms with Crippen LogP contribution in [0.15, 0.2) is 0 Å². The number of ether oxygens (including phenoxy) is 1. The highest BCUT2D eigenvalue weighted by atomic mass is 16.5. The molecule has 0 saturated carbocycles. The van der Waals surface area contributed by atoms with E-state index in [-0.39, 0.29) is 31.4 Å². The molecule has 0 aromatic carbocycles. The number of hydrogen-bond acceptors (Lipinski definition) is 4. The number of amides is 2. The molecule has 2 fully saturated rings. The third-order valence-electron chi connectivity index (χ3n) is 3.61. The summed E-state index contributed by atoms with van der Waals surface area (Å²) in [6, 6.07) is -0.557. The fourth-order valence-corrected chi connectivity index (χ4v) is 2.17. The first-order valence-corrected chi connectivity index (χ1v) is 5.81. The predicted octanol–water partition coefficient (Wildman–Crippen LogP) is -1.27. The standard InChI is InChI=1S/C11H16N2O5/c1-11(10(16)17)5-18-4-7(11)13-9(15)6-2-8(14)12-3-6/h6-7H,2-5H2,1H3,(H,12,14)(H,13,15)(H,16,17). The molecule has 7 nitrogen and oxygen atoms in total. The van der Waals surface area contributed by atoms with Crippen molar-refractivity contribution in [3.05, 3.63) is 0 Å². The predicted molar refractivity (Wildman–Crippen MR) is 59.6 cm³/mol. The number of aliphatic carboxylic acids is 1. The molecule has 7 heteroatoms. The van der Waals surface area contributed by atoms with Gasteiger partial charge in [-0.05, 0) is 6.92 Å². The van der Waals surface area contributed by atoms with E-state index >= 15 is 0 Å². The summed E-state index contributed by atoms with van der Waals surface area (Å²) in [5, 5.41) is 14.4. The summed E-state index contributed by atoms with van der Waals surface area (Å²) in [5.41, 5.74) is -1.11. The molecule has 3 atom stereocenters. The lowest BCUT2D eigenvalue weighted by Crippen LogP contribution is -2.51. The van der Waals surface area contributed by atoms with E-state index < -0.39 is 23.3 Å². The maximum atomic E-state index is 11.9. The van der Waals surface area contributed by atoms with Gasteiger partial charge in [-0.25, -0.2) is 0 Å². The highest BCUT2D eigenvalue weighted by molar-refractivity contribution is 5.89. The SMILES string of the molecule is CC1(C(=O)O)COCC1NC(=O)C1CNC(=O)C1. The van der Waals surface area contributed by atoms with Gasteiger partial charge in [0.15, 0.2) is 0 Å². The molecular formula is C11H16N2O5. The van der Waals surface area contributed by atoms with Crippen LogP contribution < -0.4 is 10.6 Å². The molecule has 2 saturated heterocycles. The molecule has 2 aliphatic rings. The lowest BCUT2D eigenvalue weighted by atomic mass is 9.85. The average molecular weight is 256 g/mol. The Labute approximate surface area is 104 Å². The normalized spacial score (nSPS) is 35.3. The van der Waals surface area contributed by atoms with Crippen molar-refractivity contribution in [2.24, 2.45) is 11.3 Å². The summed E-state index contributed by atoms with van der Waals surface area (Å²) in [6.07, 6.45) is 0.156. The largest absolute Gasteiger partial charge is 0.481 e. The fourth-order valence-electron chi connectivity index (χ4n) is 2.17. The van der Waals surface area contributed by atoms with Gasteiger partial charge in [0.05, 0.1) is 25.2 Å². The Balaban J connectivity index is 1.98. The molecule has 100 valence electrons. The second-order valence-electron chi connectivity index (χ2n) is 5.00. The smallest absolute Gasteiger partial charge is 0.313 e. The van der Waals surface area contributed by atoms with Gasteiger partial charge in [0.1, 0.15) is 5.41 Å². The molecule has 2 heterocycles. The molecule has 0 bridgehead atoms. The van der Waals surface area contributed by atoms with E-state index in [2.05, 4.69) is 10.6 Å². The summed E-state index contributed by atoms with van der Waals surface area (Å²) in [5.74, 6) is -1.86. The Morgan fingerprint density at radius 1 is 1.56 bits per heavy atom. The third kappa shape index (κ3) is 2.17. The zero-order chi connectivity index (χ0) is 13.3. The van der Waals surface area contributed by atoms with E-state index in [1.807, 2.05) is 0 Å². The second-order valence-corrected chi connectivity index (χ2v) is 5.00. The van der Waals surface area contributed by atoms with Gasteiger partial charge in [0.25, 0.3) is 0 Å². The Kier molecular flexibility index (Phi) is 3.25. The van der Waals surface area contributed by atoms with Crippen molar-refractivity contribution in [2.45, 2.75) is 19.4 Å².